The fraction of sp³-hybridized carbons (Fsp3) is 0.500. The second kappa shape index (κ2) is 6.53. The molecule has 21 heavy (non-hydrogen) atoms. The number of hydrogen-bond acceptors (Lipinski definition) is 5. The molecule has 1 aromatic rings. The van der Waals surface area contributed by atoms with Gasteiger partial charge in [-0.15, -0.1) is 0 Å². The Kier molecular flexibility index (Phi) is 4.74. The standard InChI is InChI=1S/C14H20N4O3/c1-15-13-11(6-3-7-12(13)18(20)21)14(19)16-9-10-5-4-8-17(10)2/h3,6-7,10,15H,4-5,8-9H2,1-2H3,(H,16,19). The number of likely N-dealkylation sites (N-methyl/N-ethyl adjacent to an activating group) is 1. The highest BCUT2D eigenvalue weighted by Crippen LogP contribution is 2.27. The molecule has 2 rings (SSSR count). The smallest absolute Gasteiger partial charge is 0.293 e. The normalized spacial score (nSPS) is 18.5. The van der Waals surface area contributed by atoms with Crippen molar-refractivity contribution in [2.24, 2.45) is 0 Å². The molecule has 1 aliphatic heterocycles. The van der Waals surface area contributed by atoms with Gasteiger partial charge >= 0.3 is 0 Å². The number of nitrogens with zero attached hydrogens (tertiary/aromatic N) is 2. The molecule has 2 N–H and O–H groups in total. The van der Waals surface area contributed by atoms with Crippen molar-refractivity contribution in [3.8, 4) is 0 Å². The summed E-state index contributed by atoms with van der Waals surface area (Å²) in [5.41, 5.74) is 0.454. The number of rotatable bonds is 5. The Balaban J connectivity index is 2.11. The molecular formula is C14H20N4O3. The Morgan fingerprint density at radius 1 is 1.52 bits per heavy atom. The van der Waals surface area contributed by atoms with E-state index in [1.54, 1.807) is 13.1 Å². The fourth-order valence-electron chi connectivity index (χ4n) is 2.69. The van der Waals surface area contributed by atoms with Crippen LogP contribution in [0.25, 0.3) is 0 Å². The quantitative estimate of drug-likeness (QED) is 0.633. The predicted molar refractivity (Wildman–Crippen MR) is 80.6 cm³/mol. The van der Waals surface area contributed by atoms with E-state index in [9.17, 15) is 14.9 Å². The van der Waals surface area contributed by atoms with Crippen LogP contribution in [0.3, 0.4) is 0 Å². The molecule has 0 bridgehead atoms. The molecule has 1 atom stereocenters. The van der Waals surface area contributed by atoms with E-state index >= 15 is 0 Å². The van der Waals surface area contributed by atoms with Gasteiger partial charge in [-0.25, -0.2) is 0 Å². The molecule has 1 heterocycles. The Labute approximate surface area is 123 Å². The zero-order chi connectivity index (χ0) is 15.4. The number of nitro groups is 1. The molecule has 1 aliphatic rings. The van der Waals surface area contributed by atoms with Gasteiger partial charge in [0.2, 0.25) is 0 Å². The van der Waals surface area contributed by atoms with E-state index in [2.05, 4.69) is 15.5 Å². The molecule has 7 heteroatoms. The zero-order valence-corrected chi connectivity index (χ0v) is 12.3. The predicted octanol–water partition coefficient (Wildman–Crippen LogP) is 1.46. The average molecular weight is 292 g/mol. The lowest BCUT2D eigenvalue weighted by atomic mass is 10.1. The molecule has 7 nitrogen and oxygen atoms in total. The summed E-state index contributed by atoms with van der Waals surface area (Å²) >= 11 is 0. The minimum absolute atomic E-state index is 0.0943. The van der Waals surface area contributed by atoms with Gasteiger partial charge in [-0.2, -0.15) is 0 Å². The number of nitrogens with one attached hydrogen (secondary N) is 2. The van der Waals surface area contributed by atoms with E-state index in [0.29, 0.717) is 18.2 Å². The first-order chi connectivity index (χ1) is 10.0. The van der Waals surface area contributed by atoms with Crippen molar-refractivity contribution < 1.29 is 9.72 Å². The van der Waals surface area contributed by atoms with Gasteiger partial charge in [-0.3, -0.25) is 14.9 Å². The average Bonchev–Trinajstić information content (AvgIpc) is 2.89. The molecule has 1 amide bonds. The Hall–Kier alpha value is -2.15. The molecule has 0 spiro atoms. The van der Waals surface area contributed by atoms with Crippen LogP contribution in [0, 0.1) is 10.1 Å². The van der Waals surface area contributed by atoms with E-state index < -0.39 is 4.92 Å². The lowest BCUT2D eigenvalue weighted by Crippen LogP contribution is -2.38. The van der Waals surface area contributed by atoms with Crippen molar-refractivity contribution in [2.75, 3.05) is 32.5 Å². The molecule has 0 aromatic heterocycles. The number of anilines is 1. The maximum atomic E-state index is 12.3. The third-order valence-electron chi connectivity index (χ3n) is 3.90. The van der Waals surface area contributed by atoms with Gasteiger partial charge in [-0.05, 0) is 32.5 Å². The van der Waals surface area contributed by atoms with Crippen LogP contribution >= 0.6 is 0 Å². The number of likely N-dealkylation sites (tertiary alicyclic amines) is 1. The van der Waals surface area contributed by atoms with Gasteiger partial charge in [0.15, 0.2) is 0 Å². The second-order valence-electron chi connectivity index (χ2n) is 5.19. The van der Waals surface area contributed by atoms with Crippen molar-refractivity contribution in [1.29, 1.82) is 0 Å². The van der Waals surface area contributed by atoms with Crippen LogP contribution in [0.5, 0.6) is 0 Å². The number of carbonyl (C=O) groups is 1. The summed E-state index contributed by atoms with van der Waals surface area (Å²) in [5.74, 6) is -0.289. The van der Waals surface area contributed by atoms with Crippen LogP contribution in [0.4, 0.5) is 11.4 Å². The van der Waals surface area contributed by atoms with Crippen LogP contribution in [0.2, 0.25) is 0 Å². The van der Waals surface area contributed by atoms with Crippen LogP contribution in [-0.2, 0) is 0 Å². The van der Waals surface area contributed by atoms with Gasteiger partial charge in [0.1, 0.15) is 5.69 Å². The molecule has 1 fully saturated rings. The highest BCUT2D eigenvalue weighted by Gasteiger charge is 2.24. The van der Waals surface area contributed by atoms with Gasteiger partial charge < -0.3 is 15.5 Å². The van der Waals surface area contributed by atoms with Crippen LogP contribution in [0.15, 0.2) is 18.2 Å². The summed E-state index contributed by atoms with van der Waals surface area (Å²) in [6.45, 7) is 1.60. The van der Waals surface area contributed by atoms with E-state index in [1.807, 2.05) is 7.05 Å². The summed E-state index contributed by atoms with van der Waals surface area (Å²) in [5, 5.41) is 16.6. The SMILES string of the molecule is CNc1c(C(=O)NCC2CCCN2C)cccc1[N+](=O)[O-]. The first-order valence-corrected chi connectivity index (χ1v) is 6.98. The van der Waals surface area contributed by atoms with Gasteiger partial charge in [0.05, 0.1) is 10.5 Å². The number of carbonyl (C=O) groups excluding carboxylic acids is 1. The fourth-order valence-corrected chi connectivity index (χ4v) is 2.69. The third-order valence-corrected chi connectivity index (χ3v) is 3.90. The number of para-hydroxylation sites is 1. The Morgan fingerprint density at radius 3 is 2.86 bits per heavy atom. The monoisotopic (exact) mass is 292 g/mol. The van der Waals surface area contributed by atoms with E-state index in [-0.39, 0.29) is 17.3 Å². The minimum Gasteiger partial charge on any atom is -0.382 e. The van der Waals surface area contributed by atoms with Crippen LogP contribution < -0.4 is 10.6 Å². The highest BCUT2D eigenvalue weighted by atomic mass is 16.6. The number of nitro benzene ring substituents is 1. The molecule has 0 aliphatic carbocycles. The lowest BCUT2D eigenvalue weighted by molar-refractivity contribution is -0.384. The van der Waals surface area contributed by atoms with Crippen LogP contribution in [-0.4, -0.2) is 49.0 Å². The van der Waals surface area contributed by atoms with E-state index in [1.165, 1.54) is 12.1 Å². The lowest BCUT2D eigenvalue weighted by Gasteiger charge is -2.20. The van der Waals surface area contributed by atoms with Gasteiger partial charge in [0.25, 0.3) is 11.6 Å². The topological polar surface area (TPSA) is 87.5 Å². The van der Waals surface area contributed by atoms with E-state index in [0.717, 1.165) is 19.4 Å². The molecular weight excluding hydrogens is 272 g/mol. The molecule has 0 saturated carbocycles. The first kappa shape index (κ1) is 15.2. The van der Waals surface area contributed by atoms with Crippen molar-refractivity contribution in [3.63, 3.8) is 0 Å². The van der Waals surface area contributed by atoms with Gasteiger partial charge in [-0.1, -0.05) is 6.07 Å². The molecule has 0 radical (unpaired) electrons. The molecule has 114 valence electrons. The highest BCUT2D eigenvalue weighted by molar-refractivity contribution is 6.01. The zero-order valence-electron chi connectivity index (χ0n) is 12.3. The maximum absolute atomic E-state index is 12.3. The van der Waals surface area contributed by atoms with Crippen molar-refractivity contribution in [1.82, 2.24) is 10.2 Å². The van der Waals surface area contributed by atoms with Crippen molar-refractivity contribution in [3.05, 3.63) is 33.9 Å². The molecule has 1 unspecified atom stereocenters. The van der Waals surface area contributed by atoms with Crippen molar-refractivity contribution in [2.45, 2.75) is 18.9 Å². The largest absolute Gasteiger partial charge is 0.382 e. The van der Waals surface area contributed by atoms with Crippen molar-refractivity contribution >= 4 is 17.3 Å². The Bertz CT molecular complexity index is 547. The van der Waals surface area contributed by atoms with Crippen LogP contribution in [0.1, 0.15) is 23.2 Å². The molecule has 1 aromatic carbocycles. The Morgan fingerprint density at radius 2 is 2.29 bits per heavy atom. The summed E-state index contributed by atoms with van der Waals surface area (Å²) in [4.78, 5) is 25.0. The first-order valence-electron chi connectivity index (χ1n) is 6.98. The number of benzene rings is 1. The van der Waals surface area contributed by atoms with E-state index in [4.69, 9.17) is 0 Å². The third kappa shape index (κ3) is 3.30. The summed E-state index contributed by atoms with van der Waals surface area (Å²) < 4.78 is 0. The van der Waals surface area contributed by atoms with Gasteiger partial charge in [0, 0.05) is 25.7 Å². The number of hydrogen-bond donors (Lipinski definition) is 2. The maximum Gasteiger partial charge on any atom is 0.293 e. The summed E-state index contributed by atoms with van der Waals surface area (Å²) in [6, 6.07) is 4.83. The number of amides is 1. The summed E-state index contributed by atoms with van der Waals surface area (Å²) in [6.07, 6.45) is 2.19. The minimum atomic E-state index is -0.493. The second-order valence-corrected chi connectivity index (χ2v) is 5.19. The summed E-state index contributed by atoms with van der Waals surface area (Å²) in [7, 11) is 3.61. The molecule has 1 saturated heterocycles.